The van der Waals surface area contributed by atoms with Crippen LogP contribution in [-0.4, -0.2) is 22.6 Å². The number of rotatable bonds is 3. The second-order valence-corrected chi connectivity index (χ2v) is 5.42. The number of carbonyl (C=O) groups is 2. The Balaban J connectivity index is 2.10. The Bertz CT molecular complexity index is 527. The molecule has 0 radical (unpaired) electrons. The van der Waals surface area contributed by atoms with Gasteiger partial charge in [-0.2, -0.15) is 0 Å². The Labute approximate surface area is 116 Å². The van der Waals surface area contributed by atoms with Crippen LogP contribution in [0.15, 0.2) is 18.2 Å². The molecule has 0 aromatic heterocycles. The molecule has 0 saturated heterocycles. The maximum atomic E-state index is 11.8. The standard InChI is InChI=1S/C13H15ClN2O3/c1-13(5-2-6-13)16-12(19)15-10-4-3-8(14)7-9(10)11(17)18/h3-4,7H,2,5-6H2,1H3,(H,17,18)(H2,15,16,19). The van der Waals surface area contributed by atoms with Crippen molar-refractivity contribution < 1.29 is 14.7 Å². The lowest BCUT2D eigenvalue weighted by Crippen LogP contribution is -2.52. The molecule has 0 spiro atoms. The molecule has 1 aromatic rings. The minimum atomic E-state index is -1.13. The Morgan fingerprint density at radius 1 is 1.37 bits per heavy atom. The van der Waals surface area contributed by atoms with E-state index in [0.717, 1.165) is 19.3 Å². The fraction of sp³-hybridized carbons (Fsp3) is 0.385. The molecule has 1 aliphatic rings. The number of urea groups is 1. The van der Waals surface area contributed by atoms with E-state index in [1.54, 1.807) is 0 Å². The third kappa shape index (κ3) is 3.17. The number of carboxylic acids is 1. The highest BCUT2D eigenvalue weighted by Gasteiger charge is 2.33. The van der Waals surface area contributed by atoms with Crippen molar-refractivity contribution in [2.45, 2.75) is 31.7 Å². The molecule has 6 heteroatoms. The third-order valence-corrected chi connectivity index (χ3v) is 3.57. The number of aromatic carboxylic acids is 1. The van der Waals surface area contributed by atoms with Crippen molar-refractivity contribution in [3.63, 3.8) is 0 Å². The largest absolute Gasteiger partial charge is 0.478 e. The number of carboxylic acid groups (broad SMARTS) is 1. The molecule has 3 N–H and O–H groups in total. The van der Waals surface area contributed by atoms with Crippen molar-refractivity contribution in [3.05, 3.63) is 28.8 Å². The summed E-state index contributed by atoms with van der Waals surface area (Å²) in [5, 5.41) is 14.8. The summed E-state index contributed by atoms with van der Waals surface area (Å²) in [6.45, 7) is 1.97. The van der Waals surface area contributed by atoms with Gasteiger partial charge in [-0.25, -0.2) is 9.59 Å². The van der Waals surface area contributed by atoms with Crippen molar-refractivity contribution >= 4 is 29.3 Å². The summed E-state index contributed by atoms with van der Waals surface area (Å²) in [4.78, 5) is 22.9. The number of hydrogen-bond acceptors (Lipinski definition) is 2. The van der Waals surface area contributed by atoms with Crippen molar-refractivity contribution in [2.75, 3.05) is 5.32 Å². The van der Waals surface area contributed by atoms with E-state index in [2.05, 4.69) is 10.6 Å². The minimum Gasteiger partial charge on any atom is -0.478 e. The summed E-state index contributed by atoms with van der Waals surface area (Å²) in [6.07, 6.45) is 2.97. The smallest absolute Gasteiger partial charge is 0.337 e. The first-order valence-corrected chi connectivity index (χ1v) is 6.39. The molecule has 102 valence electrons. The van der Waals surface area contributed by atoms with E-state index >= 15 is 0 Å². The summed E-state index contributed by atoms with van der Waals surface area (Å²) in [6, 6.07) is 3.93. The zero-order chi connectivity index (χ0) is 14.0. The number of carbonyl (C=O) groups excluding carboxylic acids is 1. The number of halogens is 1. The Hall–Kier alpha value is -1.75. The highest BCUT2D eigenvalue weighted by atomic mass is 35.5. The molecule has 1 aromatic carbocycles. The van der Waals surface area contributed by atoms with Crippen molar-refractivity contribution in [2.24, 2.45) is 0 Å². The highest BCUT2D eigenvalue weighted by molar-refractivity contribution is 6.31. The molecule has 1 saturated carbocycles. The van der Waals surface area contributed by atoms with E-state index in [1.807, 2.05) is 6.92 Å². The van der Waals surface area contributed by atoms with Crippen LogP contribution in [-0.2, 0) is 0 Å². The molecule has 2 amide bonds. The van der Waals surface area contributed by atoms with Crippen LogP contribution >= 0.6 is 11.6 Å². The van der Waals surface area contributed by atoms with Crippen LogP contribution < -0.4 is 10.6 Å². The third-order valence-electron chi connectivity index (χ3n) is 3.33. The quantitative estimate of drug-likeness (QED) is 0.797. The van der Waals surface area contributed by atoms with Gasteiger partial charge in [0.2, 0.25) is 0 Å². The van der Waals surface area contributed by atoms with Crippen molar-refractivity contribution in [3.8, 4) is 0 Å². The van der Waals surface area contributed by atoms with Crippen LogP contribution in [0.3, 0.4) is 0 Å². The van der Waals surface area contributed by atoms with Crippen LogP contribution in [0, 0.1) is 0 Å². The molecule has 0 heterocycles. The lowest BCUT2D eigenvalue weighted by molar-refractivity contribution is 0.0698. The van der Waals surface area contributed by atoms with Crippen LogP contribution in [0.25, 0.3) is 0 Å². The van der Waals surface area contributed by atoms with Crippen LogP contribution in [0.4, 0.5) is 10.5 Å². The Morgan fingerprint density at radius 3 is 2.58 bits per heavy atom. The van der Waals surface area contributed by atoms with Gasteiger partial charge in [0, 0.05) is 10.6 Å². The molecular formula is C13H15ClN2O3. The van der Waals surface area contributed by atoms with Gasteiger partial charge in [-0.3, -0.25) is 0 Å². The normalized spacial score (nSPS) is 16.3. The predicted molar refractivity (Wildman–Crippen MR) is 72.8 cm³/mol. The summed E-state index contributed by atoms with van der Waals surface area (Å²) >= 11 is 5.74. The topological polar surface area (TPSA) is 78.4 Å². The predicted octanol–water partition coefficient (Wildman–Crippen LogP) is 3.10. The average Bonchev–Trinajstić information content (AvgIpc) is 2.29. The second-order valence-electron chi connectivity index (χ2n) is 4.99. The van der Waals surface area contributed by atoms with Gasteiger partial charge in [0.25, 0.3) is 0 Å². The first-order chi connectivity index (χ1) is 8.89. The summed E-state index contributed by atoms with van der Waals surface area (Å²) in [5.74, 6) is -1.13. The number of hydrogen-bond donors (Lipinski definition) is 3. The van der Waals surface area contributed by atoms with E-state index in [0.29, 0.717) is 5.02 Å². The van der Waals surface area contributed by atoms with Gasteiger partial charge in [0.05, 0.1) is 11.3 Å². The number of nitrogens with one attached hydrogen (secondary N) is 2. The Kier molecular flexibility index (Phi) is 3.66. The summed E-state index contributed by atoms with van der Waals surface area (Å²) in [5.41, 5.74) is 0.0265. The van der Waals surface area contributed by atoms with Crippen LogP contribution in [0.2, 0.25) is 5.02 Å². The van der Waals surface area contributed by atoms with Gasteiger partial charge in [-0.1, -0.05) is 11.6 Å². The van der Waals surface area contributed by atoms with E-state index in [4.69, 9.17) is 16.7 Å². The molecule has 1 aliphatic carbocycles. The van der Waals surface area contributed by atoms with Gasteiger partial charge in [-0.05, 0) is 44.4 Å². The van der Waals surface area contributed by atoms with Gasteiger partial charge in [0.1, 0.15) is 0 Å². The number of anilines is 1. The highest BCUT2D eigenvalue weighted by Crippen LogP contribution is 2.31. The maximum absolute atomic E-state index is 11.8. The van der Waals surface area contributed by atoms with E-state index in [9.17, 15) is 9.59 Å². The van der Waals surface area contributed by atoms with E-state index in [-0.39, 0.29) is 16.8 Å². The van der Waals surface area contributed by atoms with Gasteiger partial charge in [0.15, 0.2) is 0 Å². The molecule has 0 aliphatic heterocycles. The molecule has 5 nitrogen and oxygen atoms in total. The zero-order valence-electron chi connectivity index (χ0n) is 10.5. The van der Waals surface area contributed by atoms with Gasteiger partial charge >= 0.3 is 12.0 Å². The average molecular weight is 283 g/mol. The van der Waals surface area contributed by atoms with Gasteiger partial charge < -0.3 is 15.7 Å². The number of benzene rings is 1. The Morgan fingerprint density at radius 2 is 2.05 bits per heavy atom. The SMILES string of the molecule is CC1(NC(=O)Nc2ccc(Cl)cc2C(=O)O)CCC1. The van der Waals surface area contributed by atoms with Crippen molar-refractivity contribution in [1.29, 1.82) is 0 Å². The lowest BCUT2D eigenvalue weighted by Gasteiger charge is -2.39. The molecule has 1 fully saturated rings. The van der Waals surface area contributed by atoms with Crippen LogP contribution in [0.5, 0.6) is 0 Å². The maximum Gasteiger partial charge on any atom is 0.337 e. The van der Waals surface area contributed by atoms with Gasteiger partial charge in [-0.15, -0.1) is 0 Å². The zero-order valence-corrected chi connectivity index (χ0v) is 11.3. The summed E-state index contributed by atoms with van der Waals surface area (Å²) in [7, 11) is 0. The monoisotopic (exact) mass is 282 g/mol. The molecule has 0 bridgehead atoms. The summed E-state index contributed by atoms with van der Waals surface area (Å²) < 4.78 is 0. The number of amides is 2. The molecule has 2 rings (SSSR count). The van der Waals surface area contributed by atoms with E-state index < -0.39 is 12.0 Å². The van der Waals surface area contributed by atoms with Crippen molar-refractivity contribution in [1.82, 2.24) is 5.32 Å². The second kappa shape index (κ2) is 5.09. The fourth-order valence-electron chi connectivity index (χ4n) is 2.06. The van der Waals surface area contributed by atoms with Crippen LogP contribution in [0.1, 0.15) is 36.5 Å². The first-order valence-electron chi connectivity index (χ1n) is 6.02. The first kappa shape index (κ1) is 13.7. The van der Waals surface area contributed by atoms with E-state index in [1.165, 1.54) is 18.2 Å². The molecule has 0 unspecified atom stereocenters. The molecular weight excluding hydrogens is 268 g/mol. The lowest BCUT2D eigenvalue weighted by atomic mass is 9.79. The molecule has 0 atom stereocenters. The molecule has 19 heavy (non-hydrogen) atoms. The fourth-order valence-corrected chi connectivity index (χ4v) is 2.23. The minimum absolute atomic E-state index is 0.0265.